The molecule has 122 valence electrons. The molecule has 3 heteroatoms. The average molecular weight is 286 g/mol. The highest BCUT2D eigenvalue weighted by atomic mass is 15.4. The summed E-state index contributed by atoms with van der Waals surface area (Å²) in [6, 6.07) is 0. The number of allylic oxidation sites excluding steroid dienone is 1. The fraction of sp³-hybridized carbons (Fsp3) is 0.765. The molecule has 0 aromatic rings. The van der Waals surface area contributed by atoms with Crippen LogP contribution in [0.15, 0.2) is 25.1 Å². The topological polar surface area (TPSA) is 55.3 Å². The summed E-state index contributed by atoms with van der Waals surface area (Å²) in [5.74, 6) is 5.82. The minimum atomic E-state index is 0.906. The monoisotopic (exact) mass is 285 g/mol. The Morgan fingerprint density at radius 3 is 1.95 bits per heavy atom. The molecular formula is C17H39N3. The molecule has 0 unspecified atom stereocenters. The molecule has 20 heavy (non-hydrogen) atoms. The lowest BCUT2D eigenvalue weighted by molar-refractivity contribution is 0.375. The van der Waals surface area contributed by atoms with E-state index in [0.29, 0.717) is 0 Å². The Morgan fingerprint density at radius 2 is 1.45 bits per heavy atom. The lowest BCUT2D eigenvalue weighted by Gasteiger charge is -2.14. The number of nitrogens with zero attached hydrogens (tertiary/aromatic N) is 1. The van der Waals surface area contributed by atoms with Gasteiger partial charge in [0.2, 0.25) is 0 Å². The summed E-state index contributed by atoms with van der Waals surface area (Å²) in [4.78, 5) is 0. The van der Waals surface area contributed by atoms with E-state index in [1.54, 1.807) is 5.01 Å². The van der Waals surface area contributed by atoms with Crippen molar-refractivity contribution >= 4 is 0 Å². The van der Waals surface area contributed by atoms with Gasteiger partial charge in [0, 0.05) is 18.4 Å². The van der Waals surface area contributed by atoms with Gasteiger partial charge in [0.15, 0.2) is 0 Å². The third-order valence-corrected chi connectivity index (χ3v) is 2.67. The van der Waals surface area contributed by atoms with Gasteiger partial charge in [0.1, 0.15) is 0 Å². The van der Waals surface area contributed by atoms with E-state index in [-0.39, 0.29) is 0 Å². The molecule has 0 aliphatic rings. The van der Waals surface area contributed by atoms with Crippen LogP contribution in [-0.4, -0.2) is 11.6 Å². The molecule has 0 fully saturated rings. The van der Waals surface area contributed by atoms with Gasteiger partial charge in [-0.25, -0.2) is 5.84 Å². The third kappa shape index (κ3) is 22.2. The molecule has 0 rings (SSSR count). The largest absolute Gasteiger partial charge is 0.401 e. The quantitative estimate of drug-likeness (QED) is 0.258. The highest BCUT2D eigenvalue weighted by Crippen LogP contribution is 2.06. The summed E-state index contributed by atoms with van der Waals surface area (Å²) < 4.78 is 0. The van der Waals surface area contributed by atoms with Gasteiger partial charge in [0.05, 0.1) is 0 Å². The van der Waals surface area contributed by atoms with Crippen molar-refractivity contribution in [2.45, 2.75) is 79.1 Å². The van der Waals surface area contributed by atoms with Gasteiger partial charge in [-0.3, -0.25) is 0 Å². The zero-order valence-corrected chi connectivity index (χ0v) is 14.5. The number of hydrazine groups is 1. The molecule has 0 atom stereocenters. The van der Waals surface area contributed by atoms with Gasteiger partial charge in [0.25, 0.3) is 0 Å². The Kier molecular flexibility index (Phi) is 27.9. The second-order valence-electron chi connectivity index (χ2n) is 4.46. The fourth-order valence-corrected chi connectivity index (χ4v) is 1.64. The molecule has 0 aromatic carbocycles. The van der Waals surface area contributed by atoms with Gasteiger partial charge in [-0.2, -0.15) is 0 Å². The second kappa shape index (κ2) is 23.2. The first-order chi connectivity index (χ1) is 9.70. The van der Waals surface area contributed by atoms with Crippen molar-refractivity contribution in [2.24, 2.45) is 11.6 Å². The van der Waals surface area contributed by atoms with E-state index in [4.69, 9.17) is 11.6 Å². The summed E-state index contributed by atoms with van der Waals surface area (Å²) in [6.45, 7) is 15.3. The Labute approximate surface area is 128 Å². The first kappa shape index (κ1) is 24.1. The molecule has 0 saturated carbocycles. The van der Waals surface area contributed by atoms with E-state index >= 15 is 0 Å². The van der Waals surface area contributed by atoms with Crippen molar-refractivity contribution < 1.29 is 0 Å². The molecule has 3 nitrogen and oxygen atoms in total. The van der Waals surface area contributed by atoms with Crippen LogP contribution in [0, 0.1) is 0 Å². The smallest absolute Gasteiger partial charge is 0.0342 e. The Balaban J connectivity index is -0.000000656. The van der Waals surface area contributed by atoms with Crippen molar-refractivity contribution in [3.8, 4) is 0 Å². The first-order valence-electron chi connectivity index (χ1n) is 8.18. The number of nitrogens with two attached hydrogens (primary N) is 2. The summed E-state index contributed by atoms with van der Waals surface area (Å²) in [5, 5.41) is 1.73. The van der Waals surface area contributed by atoms with Crippen LogP contribution < -0.4 is 11.6 Å². The maximum Gasteiger partial charge on any atom is 0.0342 e. The highest BCUT2D eigenvalue weighted by Gasteiger charge is 1.96. The van der Waals surface area contributed by atoms with Gasteiger partial charge in [-0.1, -0.05) is 59.8 Å². The molecular weight excluding hydrogens is 246 g/mol. The van der Waals surface area contributed by atoms with Crippen molar-refractivity contribution in [3.63, 3.8) is 0 Å². The zero-order chi connectivity index (χ0) is 16.2. The Hall–Kier alpha value is -0.960. The minimum Gasteiger partial charge on any atom is -0.401 e. The predicted octanol–water partition coefficient (Wildman–Crippen LogP) is 4.95. The summed E-state index contributed by atoms with van der Waals surface area (Å²) in [5.41, 5.74) is 6.81. The Morgan fingerprint density at radius 1 is 0.950 bits per heavy atom. The van der Waals surface area contributed by atoms with Crippen LogP contribution in [0.1, 0.15) is 79.1 Å². The summed E-state index contributed by atoms with van der Waals surface area (Å²) >= 11 is 0. The van der Waals surface area contributed by atoms with Crippen LogP contribution in [0.4, 0.5) is 0 Å². The molecule has 0 aromatic heterocycles. The number of hydrogen-bond acceptors (Lipinski definition) is 3. The van der Waals surface area contributed by atoms with Gasteiger partial charge in [-0.15, -0.1) is 13.2 Å². The lowest BCUT2D eigenvalue weighted by atomic mass is 10.1. The summed E-state index contributed by atoms with van der Waals surface area (Å²) in [6.07, 6.45) is 11.5. The molecule has 0 heterocycles. The van der Waals surface area contributed by atoms with E-state index in [2.05, 4.69) is 27.0 Å². The maximum atomic E-state index is 5.90. The van der Waals surface area contributed by atoms with Crippen LogP contribution >= 0.6 is 0 Å². The van der Waals surface area contributed by atoms with Gasteiger partial charge < -0.3 is 10.7 Å². The summed E-state index contributed by atoms with van der Waals surface area (Å²) in [7, 11) is 0. The van der Waals surface area contributed by atoms with Crippen molar-refractivity contribution in [3.05, 3.63) is 25.1 Å². The normalized spacial score (nSPS) is 9.95. The van der Waals surface area contributed by atoms with Crippen molar-refractivity contribution in [2.75, 3.05) is 6.54 Å². The van der Waals surface area contributed by atoms with E-state index in [9.17, 15) is 0 Å². The Bertz CT molecular complexity index is 191. The van der Waals surface area contributed by atoms with Gasteiger partial charge in [-0.05, 0) is 19.3 Å². The highest BCUT2D eigenvalue weighted by molar-refractivity contribution is 4.94. The van der Waals surface area contributed by atoms with E-state index in [1.165, 1.54) is 38.5 Å². The number of unbranched alkanes of at least 4 members (excludes halogenated alkanes) is 5. The van der Waals surface area contributed by atoms with E-state index in [1.807, 2.05) is 20.0 Å². The number of rotatable bonds is 10. The van der Waals surface area contributed by atoms with Crippen LogP contribution in [-0.2, 0) is 0 Å². The molecule has 0 spiro atoms. The van der Waals surface area contributed by atoms with Gasteiger partial charge >= 0.3 is 0 Å². The molecule has 0 bridgehead atoms. The van der Waals surface area contributed by atoms with Crippen LogP contribution in [0.2, 0.25) is 0 Å². The van der Waals surface area contributed by atoms with E-state index in [0.717, 1.165) is 25.1 Å². The lowest BCUT2D eigenvalue weighted by Crippen LogP contribution is -2.27. The standard InChI is InChI=1S/C13H29N3.C2H6.C2H4/c1-3-5-7-8-10-13(14)12-16(15)11-9-6-4-2;2*1-2/h12H,3-11,14-15H2,1-2H3;1-2H3;1-2H2/b13-12-;;. The van der Waals surface area contributed by atoms with Crippen LogP contribution in [0.3, 0.4) is 0 Å². The predicted molar refractivity (Wildman–Crippen MR) is 94.0 cm³/mol. The minimum absolute atomic E-state index is 0.906. The SMILES string of the molecule is C=C.CC.CCCCCC/C(N)=C/N(N)CCCCC. The molecule has 0 radical (unpaired) electrons. The molecule has 0 amide bonds. The molecule has 0 aliphatic carbocycles. The van der Waals surface area contributed by atoms with E-state index < -0.39 is 0 Å². The fourth-order valence-electron chi connectivity index (χ4n) is 1.64. The van der Waals surface area contributed by atoms with Crippen LogP contribution in [0.5, 0.6) is 0 Å². The second-order valence-corrected chi connectivity index (χ2v) is 4.46. The first-order valence-corrected chi connectivity index (χ1v) is 8.18. The third-order valence-electron chi connectivity index (χ3n) is 2.67. The number of hydrogen-bond donors (Lipinski definition) is 2. The van der Waals surface area contributed by atoms with Crippen molar-refractivity contribution in [1.82, 2.24) is 5.01 Å². The zero-order valence-electron chi connectivity index (χ0n) is 14.5. The van der Waals surface area contributed by atoms with Crippen molar-refractivity contribution in [1.29, 1.82) is 0 Å². The van der Waals surface area contributed by atoms with Crippen LogP contribution in [0.25, 0.3) is 0 Å². The molecule has 0 saturated heterocycles. The maximum absolute atomic E-state index is 5.90. The average Bonchev–Trinajstić information content (AvgIpc) is 2.48. The molecule has 4 N–H and O–H groups in total. The molecule has 0 aliphatic heterocycles.